The van der Waals surface area contributed by atoms with Gasteiger partial charge in [0, 0.05) is 11.5 Å². The van der Waals surface area contributed by atoms with Gasteiger partial charge in [-0.15, -0.1) is 0 Å². The van der Waals surface area contributed by atoms with Gasteiger partial charge < -0.3 is 5.73 Å². The van der Waals surface area contributed by atoms with Crippen LogP contribution in [0.3, 0.4) is 0 Å². The first-order valence-electron chi connectivity index (χ1n) is 4.02. The molecule has 0 aliphatic rings. The second kappa shape index (κ2) is 3.09. The summed E-state index contributed by atoms with van der Waals surface area (Å²) in [6, 6.07) is 5.36. The molecule has 0 unspecified atom stereocenters. The maximum absolute atomic E-state index is 11.7. The van der Waals surface area contributed by atoms with E-state index in [2.05, 4.69) is 20.9 Å². The van der Waals surface area contributed by atoms with Crippen LogP contribution in [-0.2, 0) is 7.05 Å². The molecule has 0 fully saturated rings. The number of nitrogen functional groups attached to an aromatic ring is 1. The number of hydrogen-bond acceptors (Lipinski definition) is 3. The zero-order valence-electron chi connectivity index (χ0n) is 7.49. The predicted molar refractivity (Wildman–Crippen MR) is 59.1 cm³/mol. The number of aromatic nitrogens is 2. The third-order valence-electron chi connectivity index (χ3n) is 2.09. The van der Waals surface area contributed by atoms with Gasteiger partial charge in [-0.3, -0.25) is 9.36 Å². The lowest BCUT2D eigenvalue weighted by atomic mass is 10.2. The van der Waals surface area contributed by atoms with E-state index in [1.54, 1.807) is 19.2 Å². The Kier molecular flexibility index (Phi) is 2.03. The number of halogens is 1. The minimum absolute atomic E-state index is 0.131. The van der Waals surface area contributed by atoms with Crippen LogP contribution < -0.4 is 11.3 Å². The number of para-hydroxylation sites is 1. The average Bonchev–Trinajstić information content (AvgIpc) is 2.17. The summed E-state index contributed by atoms with van der Waals surface area (Å²) >= 11 is 3.32. The van der Waals surface area contributed by atoms with Crippen LogP contribution in [0.25, 0.3) is 10.9 Å². The van der Waals surface area contributed by atoms with Gasteiger partial charge in [0.05, 0.1) is 10.9 Å². The molecule has 1 aromatic heterocycles. The van der Waals surface area contributed by atoms with Gasteiger partial charge in [-0.2, -0.15) is 0 Å². The number of hydrogen-bond donors (Lipinski definition) is 1. The maximum Gasteiger partial charge on any atom is 0.262 e. The van der Waals surface area contributed by atoms with Crippen LogP contribution in [0.2, 0.25) is 0 Å². The predicted octanol–water partition coefficient (Wildman–Crippen LogP) is 1.28. The fourth-order valence-corrected chi connectivity index (χ4v) is 1.73. The molecular weight excluding hydrogens is 246 g/mol. The molecule has 0 saturated carbocycles. The van der Waals surface area contributed by atoms with E-state index in [0.29, 0.717) is 10.9 Å². The molecule has 0 spiro atoms. The fourth-order valence-electron chi connectivity index (χ4n) is 1.28. The van der Waals surface area contributed by atoms with E-state index in [4.69, 9.17) is 5.73 Å². The van der Waals surface area contributed by atoms with Crippen molar-refractivity contribution in [1.29, 1.82) is 0 Å². The molecule has 2 aromatic rings. The van der Waals surface area contributed by atoms with Gasteiger partial charge in [0.1, 0.15) is 0 Å². The molecule has 0 amide bonds. The molecule has 1 heterocycles. The van der Waals surface area contributed by atoms with Crippen molar-refractivity contribution < 1.29 is 0 Å². The number of anilines is 1. The number of rotatable bonds is 0. The summed E-state index contributed by atoms with van der Waals surface area (Å²) in [7, 11) is 1.60. The highest BCUT2D eigenvalue weighted by Crippen LogP contribution is 2.19. The first kappa shape index (κ1) is 9.21. The summed E-state index contributed by atoms with van der Waals surface area (Å²) < 4.78 is 2.11. The first-order valence-corrected chi connectivity index (χ1v) is 4.81. The van der Waals surface area contributed by atoms with E-state index in [-0.39, 0.29) is 11.5 Å². The summed E-state index contributed by atoms with van der Waals surface area (Å²) in [4.78, 5) is 15.9. The second-order valence-electron chi connectivity index (χ2n) is 2.97. The molecule has 5 heteroatoms. The van der Waals surface area contributed by atoms with Gasteiger partial charge >= 0.3 is 0 Å². The van der Waals surface area contributed by atoms with Gasteiger partial charge in [-0.1, -0.05) is 6.07 Å². The van der Waals surface area contributed by atoms with E-state index >= 15 is 0 Å². The van der Waals surface area contributed by atoms with Crippen molar-refractivity contribution in [2.24, 2.45) is 7.05 Å². The van der Waals surface area contributed by atoms with Crippen LogP contribution in [0, 0.1) is 0 Å². The standard InChI is InChI=1S/C9H8BrN3O/c1-13-8(14)5-3-2-4-6(10)7(5)12-9(13)11/h2-4H,1H3,(H2,11,12). The normalized spacial score (nSPS) is 10.7. The zero-order chi connectivity index (χ0) is 10.3. The quantitative estimate of drug-likeness (QED) is 0.770. The van der Waals surface area contributed by atoms with Crippen LogP contribution in [-0.4, -0.2) is 9.55 Å². The Morgan fingerprint density at radius 3 is 2.93 bits per heavy atom. The molecule has 0 aliphatic carbocycles. The van der Waals surface area contributed by atoms with E-state index in [9.17, 15) is 4.79 Å². The van der Waals surface area contributed by atoms with E-state index < -0.39 is 0 Å². The minimum atomic E-state index is -0.131. The largest absolute Gasteiger partial charge is 0.369 e. The summed E-state index contributed by atoms with van der Waals surface area (Å²) in [5, 5.41) is 0.566. The molecule has 14 heavy (non-hydrogen) atoms. The molecule has 2 rings (SSSR count). The Labute approximate surface area is 88.5 Å². The number of fused-ring (bicyclic) bond motifs is 1. The molecule has 0 atom stereocenters. The first-order chi connectivity index (χ1) is 6.61. The third-order valence-corrected chi connectivity index (χ3v) is 2.73. The van der Waals surface area contributed by atoms with Crippen LogP contribution in [0.5, 0.6) is 0 Å². The van der Waals surface area contributed by atoms with Gasteiger partial charge in [0.25, 0.3) is 5.56 Å². The maximum atomic E-state index is 11.7. The molecule has 0 aliphatic heterocycles. The lowest BCUT2D eigenvalue weighted by Gasteiger charge is -2.05. The van der Waals surface area contributed by atoms with Crippen molar-refractivity contribution in [3.8, 4) is 0 Å². The molecule has 1 aromatic carbocycles. The lowest BCUT2D eigenvalue weighted by molar-refractivity contribution is 0.861. The van der Waals surface area contributed by atoms with Crippen LogP contribution in [0.4, 0.5) is 5.95 Å². The number of nitrogens with zero attached hydrogens (tertiary/aromatic N) is 2. The number of nitrogens with two attached hydrogens (primary N) is 1. The highest BCUT2D eigenvalue weighted by atomic mass is 79.9. The average molecular weight is 254 g/mol. The summed E-state index contributed by atoms with van der Waals surface area (Å²) in [6.45, 7) is 0. The Bertz CT molecular complexity index is 562. The Morgan fingerprint density at radius 2 is 2.21 bits per heavy atom. The second-order valence-corrected chi connectivity index (χ2v) is 3.82. The lowest BCUT2D eigenvalue weighted by Crippen LogP contribution is -2.21. The monoisotopic (exact) mass is 253 g/mol. The van der Waals surface area contributed by atoms with Gasteiger partial charge in [-0.05, 0) is 28.1 Å². The van der Waals surface area contributed by atoms with E-state index in [1.807, 2.05) is 6.07 Å². The Balaban J connectivity index is 3.06. The highest BCUT2D eigenvalue weighted by Gasteiger charge is 2.07. The van der Waals surface area contributed by atoms with Crippen molar-refractivity contribution in [3.63, 3.8) is 0 Å². The summed E-state index contributed by atoms with van der Waals surface area (Å²) in [6.07, 6.45) is 0. The van der Waals surface area contributed by atoms with Gasteiger partial charge in [-0.25, -0.2) is 4.98 Å². The smallest absolute Gasteiger partial charge is 0.262 e. The molecule has 4 nitrogen and oxygen atoms in total. The molecule has 0 radical (unpaired) electrons. The van der Waals surface area contributed by atoms with E-state index in [0.717, 1.165) is 4.47 Å². The summed E-state index contributed by atoms with van der Waals surface area (Å²) in [5.41, 5.74) is 6.06. The summed E-state index contributed by atoms with van der Waals surface area (Å²) in [5.74, 6) is 0.217. The zero-order valence-corrected chi connectivity index (χ0v) is 9.08. The third kappa shape index (κ3) is 1.21. The van der Waals surface area contributed by atoms with Crippen molar-refractivity contribution >= 4 is 32.8 Å². The number of benzene rings is 1. The topological polar surface area (TPSA) is 60.9 Å². The van der Waals surface area contributed by atoms with Crippen molar-refractivity contribution in [3.05, 3.63) is 33.0 Å². The SMILES string of the molecule is Cn1c(N)nc2c(Br)cccc2c1=O. The molecule has 72 valence electrons. The van der Waals surface area contributed by atoms with Crippen molar-refractivity contribution in [2.75, 3.05) is 5.73 Å². The Hall–Kier alpha value is -1.36. The fraction of sp³-hybridized carbons (Fsp3) is 0.111. The van der Waals surface area contributed by atoms with Gasteiger partial charge in [0.2, 0.25) is 5.95 Å². The molecular formula is C9H8BrN3O. The van der Waals surface area contributed by atoms with Crippen LogP contribution in [0.15, 0.2) is 27.5 Å². The van der Waals surface area contributed by atoms with Crippen molar-refractivity contribution in [2.45, 2.75) is 0 Å². The highest BCUT2D eigenvalue weighted by molar-refractivity contribution is 9.10. The minimum Gasteiger partial charge on any atom is -0.369 e. The van der Waals surface area contributed by atoms with Crippen LogP contribution in [0.1, 0.15) is 0 Å². The van der Waals surface area contributed by atoms with Crippen molar-refractivity contribution in [1.82, 2.24) is 9.55 Å². The molecule has 0 bridgehead atoms. The Morgan fingerprint density at radius 1 is 1.50 bits per heavy atom. The van der Waals surface area contributed by atoms with E-state index in [1.165, 1.54) is 4.57 Å². The van der Waals surface area contributed by atoms with Gasteiger partial charge in [0.15, 0.2) is 0 Å². The van der Waals surface area contributed by atoms with Crippen LogP contribution >= 0.6 is 15.9 Å². The molecule has 0 saturated heterocycles. The molecule has 2 N–H and O–H groups in total.